The van der Waals surface area contributed by atoms with Crippen molar-refractivity contribution in [1.82, 2.24) is 0 Å². The summed E-state index contributed by atoms with van der Waals surface area (Å²) in [6, 6.07) is 31.5. The molecule has 6 aromatic carbocycles. The summed E-state index contributed by atoms with van der Waals surface area (Å²) in [7, 11) is 0. The molecule has 0 aliphatic rings. The summed E-state index contributed by atoms with van der Waals surface area (Å²) in [4.78, 5) is 0. The molecule has 276 valence electrons. The Hall–Kier alpha value is -3.78. The first-order valence-electron chi connectivity index (χ1n) is 21.3. The van der Waals surface area contributed by atoms with Gasteiger partial charge in [-0.05, 0) is 91.0 Å². The molecule has 2 heteroatoms. The van der Waals surface area contributed by atoms with Gasteiger partial charge in [0.1, 0.15) is 11.5 Å². The topological polar surface area (TPSA) is 18.5 Å². The maximum absolute atomic E-state index is 6.43. The molecule has 0 fully saturated rings. The fraction of sp³-hybridized carbons (Fsp3) is 0.480. The summed E-state index contributed by atoms with van der Waals surface area (Å²) in [6.07, 6.45) is 26.7. The summed E-state index contributed by atoms with van der Waals surface area (Å²) in [5.41, 5.74) is 0. The Morgan fingerprint density at radius 1 is 0.327 bits per heavy atom. The molecule has 0 saturated heterocycles. The molecule has 2 nitrogen and oxygen atoms in total. The molecular formula is C50H64O2. The molecule has 0 aliphatic carbocycles. The number of hydrogen-bond donors (Lipinski definition) is 0. The number of fused-ring (bicyclic) bond motifs is 10. The van der Waals surface area contributed by atoms with Gasteiger partial charge in [-0.3, -0.25) is 0 Å². The van der Waals surface area contributed by atoms with Crippen LogP contribution in [0.15, 0.2) is 84.9 Å². The minimum absolute atomic E-state index is 0.777. The molecule has 0 N–H and O–H groups in total. The van der Waals surface area contributed by atoms with E-state index >= 15 is 0 Å². The maximum Gasteiger partial charge on any atom is 0.119 e. The van der Waals surface area contributed by atoms with E-state index < -0.39 is 0 Å². The van der Waals surface area contributed by atoms with E-state index in [-0.39, 0.29) is 0 Å². The van der Waals surface area contributed by atoms with Gasteiger partial charge in [0.2, 0.25) is 0 Å². The summed E-state index contributed by atoms with van der Waals surface area (Å²) in [5.74, 6) is 1.94. The monoisotopic (exact) mass is 696 g/mol. The smallest absolute Gasteiger partial charge is 0.119 e. The molecule has 0 aliphatic heterocycles. The highest BCUT2D eigenvalue weighted by molar-refractivity contribution is 6.36. The van der Waals surface area contributed by atoms with Gasteiger partial charge in [0.05, 0.1) is 13.2 Å². The fourth-order valence-corrected chi connectivity index (χ4v) is 8.28. The van der Waals surface area contributed by atoms with Crippen molar-refractivity contribution in [3.8, 4) is 11.5 Å². The quantitative estimate of drug-likeness (QED) is 0.0463. The van der Waals surface area contributed by atoms with Crippen LogP contribution in [0.1, 0.15) is 142 Å². The van der Waals surface area contributed by atoms with Crippen molar-refractivity contribution in [3.63, 3.8) is 0 Å². The Balaban J connectivity index is 1.18. The van der Waals surface area contributed by atoms with Gasteiger partial charge in [-0.25, -0.2) is 0 Å². The van der Waals surface area contributed by atoms with Crippen molar-refractivity contribution in [1.29, 1.82) is 0 Å². The van der Waals surface area contributed by atoms with Gasteiger partial charge in [-0.2, -0.15) is 0 Å². The van der Waals surface area contributed by atoms with Crippen molar-refractivity contribution >= 4 is 53.9 Å². The van der Waals surface area contributed by atoms with E-state index in [0.717, 1.165) is 37.6 Å². The summed E-state index contributed by atoms with van der Waals surface area (Å²) in [5, 5.41) is 12.9. The second kappa shape index (κ2) is 20.5. The van der Waals surface area contributed by atoms with E-state index in [1.54, 1.807) is 0 Å². The van der Waals surface area contributed by atoms with Crippen LogP contribution in [-0.2, 0) is 0 Å². The first kappa shape index (κ1) is 38.0. The molecule has 0 radical (unpaired) electrons. The normalized spacial score (nSPS) is 11.8. The SMILES string of the molecule is CCCCCCCCCCCCOc1ccc2ccc3c4ccccc4c4ccc5ccc(OCCCCCCCCCCCC)cc5c4c3c2c1. The molecule has 0 amide bonds. The van der Waals surface area contributed by atoms with Crippen molar-refractivity contribution in [2.45, 2.75) is 142 Å². The van der Waals surface area contributed by atoms with Crippen molar-refractivity contribution in [2.24, 2.45) is 0 Å². The van der Waals surface area contributed by atoms with E-state index in [4.69, 9.17) is 9.47 Å². The van der Waals surface area contributed by atoms with E-state index in [9.17, 15) is 0 Å². The highest BCUT2D eigenvalue weighted by Crippen LogP contribution is 2.43. The van der Waals surface area contributed by atoms with Gasteiger partial charge in [0.25, 0.3) is 0 Å². The molecule has 0 spiro atoms. The molecule has 6 aromatic rings. The van der Waals surface area contributed by atoms with Crippen molar-refractivity contribution in [3.05, 3.63) is 84.9 Å². The van der Waals surface area contributed by atoms with Crippen LogP contribution in [0.5, 0.6) is 11.5 Å². The van der Waals surface area contributed by atoms with Crippen molar-refractivity contribution < 1.29 is 9.47 Å². The predicted molar refractivity (Wildman–Crippen MR) is 229 cm³/mol. The van der Waals surface area contributed by atoms with Crippen LogP contribution in [0.3, 0.4) is 0 Å². The van der Waals surface area contributed by atoms with Crippen LogP contribution in [0.2, 0.25) is 0 Å². The lowest BCUT2D eigenvalue weighted by molar-refractivity contribution is 0.304. The molecule has 6 rings (SSSR count). The Kier molecular flexibility index (Phi) is 14.9. The molecular weight excluding hydrogens is 633 g/mol. The van der Waals surface area contributed by atoms with Gasteiger partial charge in [-0.15, -0.1) is 0 Å². The molecule has 0 aromatic heterocycles. The molecule has 0 atom stereocenters. The molecule has 0 heterocycles. The first-order chi connectivity index (χ1) is 25.8. The van der Waals surface area contributed by atoms with Gasteiger partial charge in [-0.1, -0.05) is 190 Å². The van der Waals surface area contributed by atoms with Crippen LogP contribution in [0.4, 0.5) is 0 Å². The minimum Gasteiger partial charge on any atom is -0.494 e. The number of ether oxygens (including phenoxy) is 2. The molecule has 0 saturated carbocycles. The third kappa shape index (κ3) is 10.00. The highest BCUT2D eigenvalue weighted by atomic mass is 16.5. The maximum atomic E-state index is 6.43. The number of unbranched alkanes of at least 4 members (excludes halogenated alkanes) is 18. The molecule has 52 heavy (non-hydrogen) atoms. The zero-order chi connectivity index (χ0) is 35.8. The predicted octanol–water partition coefficient (Wildman–Crippen LogP) is 16.1. The molecule has 0 bridgehead atoms. The van der Waals surface area contributed by atoms with Crippen LogP contribution < -0.4 is 9.47 Å². The molecule has 0 unspecified atom stereocenters. The zero-order valence-electron chi connectivity index (χ0n) is 32.5. The second-order valence-electron chi connectivity index (χ2n) is 15.3. The van der Waals surface area contributed by atoms with Crippen molar-refractivity contribution in [2.75, 3.05) is 13.2 Å². The lowest BCUT2D eigenvalue weighted by atomic mass is 9.88. The minimum atomic E-state index is 0.777. The average Bonchev–Trinajstić information content (AvgIpc) is 3.18. The van der Waals surface area contributed by atoms with E-state index in [0.29, 0.717) is 0 Å². The fourth-order valence-electron chi connectivity index (χ4n) is 8.28. The first-order valence-corrected chi connectivity index (χ1v) is 21.3. The van der Waals surface area contributed by atoms with Gasteiger partial charge < -0.3 is 9.47 Å². The second-order valence-corrected chi connectivity index (χ2v) is 15.3. The zero-order valence-corrected chi connectivity index (χ0v) is 32.5. The van der Waals surface area contributed by atoms with E-state index in [1.165, 1.54) is 169 Å². The Labute approximate surface area is 314 Å². The van der Waals surface area contributed by atoms with Crippen LogP contribution in [0, 0.1) is 0 Å². The third-order valence-corrected chi connectivity index (χ3v) is 11.3. The highest BCUT2D eigenvalue weighted by Gasteiger charge is 2.15. The average molecular weight is 697 g/mol. The summed E-state index contributed by atoms with van der Waals surface area (Å²) in [6.45, 7) is 6.13. The van der Waals surface area contributed by atoms with Crippen LogP contribution in [-0.4, -0.2) is 13.2 Å². The number of hydrogen-bond acceptors (Lipinski definition) is 2. The van der Waals surface area contributed by atoms with Gasteiger partial charge in [0.15, 0.2) is 0 Å². The summed E-state index contributed by atoms with van der Waals surface area (Å²) >= 11 is 0. The Bertz CT molecular complexity index is 1840. The third-order valence-electron chi connectivity index (χ3n) is 11.3. The van der Waals surface area contributed by atoms with Gasteiger partial charge in [0, 0.05) is 0 Å². The number of rotatable bonds is 24. The lowest BCUT2D eigenvalue weighted by Crippen LogP contribution is -1.98. The van der Waals surface area contributed by atoms with Crippen LogP contribution >= 0.6 is 0 Å². The standard InChI is InChI=1S/C50H64O2/c1-3-5-7-9-11-13-15-17-19-23-35-51-41-31-27-39-29-33-45-43-25-21-22-26-44(43)46-34-30-40-28-32-42(38-48(40)50(46)49(45)47(39)37-41)52-36-24-20-18-16-14-12-10-8-6-4-2/h21-22,25-34,37-38H,3-20,23-24,35-36H2,1-2H3. The van der Waals surface area contributed by atoms with Crippen LogP contribution in [0.25, 0.3) is 53.9 Å². The van der Waals surface area contributed by atoms with E-state index in [2.05, 4.69) is 98.8 Å². The Morgan fingerprint density at radius 2 is 0.673 bits per heavy atom. The Morgan fingerprint density at radius 3 is 1.06 bits per heavy atom. The summed E-state index contributed by atoms with van der Waals surface area (Å²) < 4.78 is 12.9. The largest absolute Gasteiger partial charge is 0.494 e. The van der Waals surface area contributed by atoms with E-state index in [1.807, 2.05) is 0 Å². The van der Waals surface area contributed by atoms with Gasteiger partial charge >= 0.3 is 0 Å². The number of benzene rings is 6. The lowest BCUT2D eigenvalue weighted by Gasteiger charge is -2.16.